The third-order valence-corrected chi connectivity index (χ3v) is 16.1. The maximum absolute atomic E-state index is 15.0. The van der Waals surface area contributed by atoms with Crippen LogP contribution in [-0.4, -0.2) is 99.8 Å². The largest absolute Gasteiger partial charge is 0.453 e. The second-order valence-corrected chi connectivity index (χ2v) is 20.2. The Morgan fingerprint density at radius 1 is 0.708 bits per heavy atom. The van der Waals surface area contributed by atoms with Crippen LogP contribution in [0.2, 0.25) is 0 Å². The lowest BCUT2D eigenvalue weighted by atomic mass is 9.83. The van der Waals surface area contributed by atoms with Gasteiger partial charge in [0.05, 0.1) is 55.3 Å². The average molecular weight is 971 g/mol. The molecule has 72 heavy (non-hydrogen) atoms. The number of carbonyl (C=O) groups excluding carboxylic acids is 4. The number of amides is 4. The lowest BCUT2D eigenvalue weighted by Crippen LogP contribution is -2.54. The van der Waals surface area contributed by atoms with Crippen LogP contribution < -0.4 is 10.6 Å². The van der Waals surface area contributed by atoms with Crippen LogP contribution in [0.3, 0.4) is 0 Å². The summed E-state index contributed by atoms with van der Waals surface area (Å²) >= 11 is 0. The molecule has 0 radical (unpaired) electrons. The molecule has 4 heterocycles. The minimum Gasteiger partial charge on any atom is -0.453 e. The SMILES string of the molecule is COC(=O)N[C@H](C(=O)N1CCC[C@H]1c1ncc(-c2ccc3cc(-c4ccc5c(ccc6nc([C@@H]7[C@H]8CC[C@H](C8)N7C(=O)[C@H](NC(=O)OC)c7cccc(C8CCCCC8)c7)[nH]c65)c4)ccc3c2)[nH]1)[C@@H](C)OC. The number of alkyl carbamates (subject to hydrolysis) is 2. The molecule has 7 aromatic rings. The van der Waals surface area contributed by atoms with Gasteiger partial charge in [0.25, 0.3) is 5.91 Å². The molecule has 15 nitrogen and oxygen atoms in total. The van der Waals surface area contributed by atoms with Crippen LogP contribution in [0.4, 0.5) is 9.59 Å². The number of likely N-dealkylation sites (tertiary alicyclic amines) is 2. The van der Waals surface area contributed by atoms with Crippen LogP contribution >= 0.6 is 0 Å². The van der Waals surface area contributed by atoms with Crippen LogP contribution in [0.15, 0.2) is 97.2 Å². The molecule has 4 N–H and O–H groups in total. The van der Waals surface area contributed by atoms with Crippen molar-refractivity contribution in [2.24, 2.45) is 5.92 Å². The Kier molecular flexibility index (Phi) is 12.9. The Morgan fingerprint density at radius 3 is 2.21 bits per heavy atom. The Morgan fingerprint density at radius 2 is 1.43 bits per heavy atom. The number of benzene rings is 5. The van der Waals surface area contributed by atoms with Crippen LogP contribution in [0.25, 0.3) is 55.0 Å². The predicted octanol–water partition coefficient (Wildman–Crippen LogP) is 10.5. The predicted molar refractivity (Wildman–Crippen MR) is 275 cm³/mol. The third-order valence-electron chi connectivity index (χ3n) is 16.1. The summed E-state index contributed by atoms with van der Waals surface area (Å²) in [5.74, 6) is 1.82. The highest BCUT2D eigenvalue weighted by Crippen LogP contribution is 2.51. The quantitative estimate of drug-likeness (QED) is 0.0925. The van der Waals surface area contributed by atoms with Crippen LogP contribution in [-0.2, 0) is 23.8 Å². The Bertz CT molecular complexity index is 3200. The van der Waals surface area contributed by atoms with Crippen molar-refractivity contribution in [3.63, 3.8) is 0 Å². The molecule has 5 aromatic carbocycles. The normalized spacial score (nSPS) is 21.3. The number of aromatic amines is 2. The molecule has 2 bridgehead atoms. The number of H-pyrrole nitrogens is 2. The van der Waals surface area contributed by atoms with E-state index in [4.69, 9.17) is 24.2 Å². The first-order valence-electron chi connectivity index (χ1n) is 25.5. The van der Waals surface area contributed by atoms with Gasteiger partial charge in [0.15, 0.2) is 0 Å². The van der Waals surface area contributed by atoms with Crippen molar-refractivity contribution in [3.8, 4) is 22.4 Å². The van der Waals surface area contributed by atoms with Gasteiger partial charge in [-0.15, -0.1) is 0 Å². The maximum atomic E-state index is 15.0. The molecule has 2 aliphatic heterocycles. The van der Waals surface area contributed by atoms with Crippen molar-refractivity contribution in [2.75, 3.05) is 27.9 Å². The zero-order chi connectivity index (χ0) is 49.6. The van der Waals surface area contributed by atoms with E-state index in [2.05, 4.69) is 99.5 Å². The van der Waals surface area contributed by atoms with Gasteiger partial charge in [-0.25, -0.2) is 19.6 Å². The van der Waals surface area contributed by atoms with E-state index in [1.165, 1.54) is 46.2 Å². The minimum absolute atomic E-state index is 0.0613. The first-order chi connectivity index (χ1) is 35.1. The topological polar surface area (TPSA) is 184 Å². The third kappa shape index (κ3) is 8.81. The van der Waals surface area contributed by atoms with Gasteiger partial charge in [0.1, 0.15) is 23.7 Å². The second kappa shape index (κ2) is 19.7. The average Bonchev–Trinajstić information content (AvgIpc) is 4.30. The summed E-state index contributed by atoms with van der Waals surface area (Å²) in [5, 5.41) is 9.88. The fourth-order valence-corrected chi connectivity index (χ4v) is 12.3. The first-order valence-corrected chi connectivity index (χ1v) is 25.5. The maximum Gasteiger partial charge on any atom is 0.407 e. The number of nitrogens with zero attached hydrogens (tertiary/aromatic N) is 4. The molecule has 15 heteroatoms. The zero-order valence-electron chi connectivity index (χ0n) is 41.3. The molecule has 0 unspecified atom stereocenters. The Hall–Kier alpha value is -7.26. The molecule has 4 fully saturated rings. The monoisotopic (exact) mass is 970 g/mol. The van der Waals surface area contributed by atoms with Crippen LogP contribution in [0.5, 0.6) is 0 Å². The van der Waals surface area contributed by atoms with E-state index < -0.39 is 30.4 Å². The van der Waals surface area contributed by atoms with Crippen molar-refractivity contribution < 1.29 is 33.4 Å². The van der Waals surface area contributed by atoms with Crippen molar-refractivity contribution in [2.45, 2.75) is 113 Å². The van der Waals surface area contributed by atoms with Gasteiger partial charge in [-0.1, -0.05) is 86.0 Å². The molecule has 2 saturated carbocycles. The summed E-state index contributed by atoms with van der Waals surface area (Å²) in [4.78, 5) is 74.6. The first kappa shape index (κ1) is 47.1. The molecule has 4 amide bonds. The highest BCUT2D eigenvalue weighted by Gasteiger charge is 2.51. The summed E-state index contributed by atoms with van der Waals surface area (Å²) in [6, 6.07) is 29.6. The van der Waals surface area contributed by atoms with E-state index in [-0.39, 0.29) is 35.9 Å². The number of rotatable bonds is 12. The van der Waals surface area contributed by atoms with E-state index >= 15 is 0 Å². The number of piperidine rings is 1. The molecule has 7 atom stereocenters. The van der Waals surface area contributed by atoms with E-state index in [0.29, 0.717) is 18.3 Å². The van der Waals surface area contributed by atoms with Gasteiger partial charge in [-0.2, -0.15) is 0 Å². The van der Waals surface area contributed by atoms with Gasteiger partial charge < -0.3 is 44.6 Å². The standard InChI is InChI=1S/C57H62N8O7/c1-32(70-2)48(62-56(68)71-3)54(66)64-25-9-14-47(64)52-58-31-46(60-52)40-18-17-36-26-35(15-16-37(36)28-40)38-20-23-44-39(27-38)21-24-45-50(44)61-53(59-45)51-42-19-22-43(30-42)65(51)55(67)49(63-57(69)72-4)41-13-8-12-34(29-41)33-10-6-5-7-11-33/h8,12-13,15-18,20-21,23-24,26-29,31-33,42-43,47-49,51H,5-7,9-11,14,19,22,25,30H2,1-4H3,(H,58,60)(H,59,61)(H,62,68)(H,63,69)/t32-,42+,43-,47+,48+,49-,51+/m1/s1. The van der Waals surface area contributed by atoms with Crippen molar-refractivity contribution in [1.29, 1.82) is 0 Å². The second-order valence-electron chi connectivity index (χ2n) is 20.2. The number of nitrogens with one attached hydrogen (secondary N) is 4. The van der Waals surface area contributed by atoms with Crippen molar-refractivity contribution in [1.82, 2.24) is 40.4 Å². The summed E-state index contributed by atoms with van der Waals surface area (Å²) in [5.41, 5.74) is 7.81. The minimum atomic E-state index is -0.902. The van der Waals surface area contributed by atoms with E-state index in [1.807, 2.05) is 23.2 Å². The van der Waals surface area contributed by atoms with Gasteiger partial charge in [-0.05, 0) is 126 Å². The molecule has 4 aliphatic rings. The number of imidazole rings is 2. The van der Waals surface area contributed by atoms with Crippen LogP contribution in [0.1, 0.15) is 118 Å². The summed E-state index contributed by atoms with van der Waals surface area (Å²) in [6.45, 7) is 2.29. The number of methoxy groups -OCH3 is 3. The van der Waals surface area contributed by atoms with E-state index in [9.17, 15) is 19.2 Å². The van der Waals surface area contributed by atoms with Crippen molar-refractivity contribution in [3.05, 3.63) is 120 Å². The van der Waals surface area contributed by atoms with Gasteiger partial charge in [0, 0.05) is 30.6 Å². The zero-order valence-corrected chi connectivity index (χ0v) is 41.3. The summed E-state index contributed by atoms with van der Waals surface area (Å²) < 4.78 is 15.3. The highest BCUT2D eigenvalue weighted by atomic mass is 16.5. The van der Waals surface area contributed by atoms with Crippen LogP contribution in [0, 0.1) is 5.92 Å². The van der Waals surface area contributed by atoms with E-state index in [0.717, 1.165) is 111 Å². The number of hydrogen-bond donors (Lipinski definition) is 4. The lowest BCUT2D eigenvalue weighted by Gasteiger charge is -2.37. The molecule has 11 rings (SSSR count). The molecule has 2 aliphatic carbocycles. The Balaban J connectivity index is 0.826. The van der Waals surface area contributed by atoms with E-state index in [1.54, 1.807) is 11.8 Å². The number of carbonyl (C=O) groups is 4. The summed E-state index contributed by atoms with van der Waals surface area (Å²) in [6.07, 6.45) is 10.3. The van der Waals surface area contributed by atoms with Gasteiger partial charge >= 0.3 is 12.2 Å². The summed E-state index contributed by atoms with van der Waals surface area (Å²) in [7, 11) is 4.11. The molecular weight excluding hydrogens is 909 g/mol. The molecular formula is C57H62N8O7. The number of hydrogen-bond acceptors (Lipinski definition) is 9. The smallest absolute Gasteiger partial charge is 0.407 e. The molecule has 2 saturated heterocycles. The lowest BCUT2D eigenvalue weighted by molar-refractivity contribution is -0.138. The van der Waals surface area contributed by atoms with Gasteiger partial charge in [0.2, 0.25) is 5.91 Å². The number of fused-ring (bicyclic) bond motifs is 6. The molecule has 0 spiro atoms. The number of ether oxygens (including phenoxy) is 3. The van der Waals surface area contributed by atoms with Gasteiger partial charge in [-0.3, -0.25) is 9.59 Å². The number of aromatic nitrogens is 4. The van der Waals surface area contributed by atoms with Crippen molar-refractivity contribution >= 4 is 56.6 Å². The molecule has 2 aromatic heterocycles. The fourth-order valence-electron chi connectivity index (χ4n) is 12.3. The fraction of sp³-hybridized carbons (Fsp3) is 0.404. The highest BCUT2D eigenvalue weighted by molar-refractivity contribution is 6.06. The molecule has 372 valence electrons. The Labute approximate surface area is 418 Å².